The lowest BCUT2D eigenvalue weighted by molar-refractivity contribution is 0.415. The third-order valence-electron chi connectivity index (χ3n) is 3.35. The number of aliphatic imine (C=N–C) groups is 1. The highest BCUT2D eigenvalue weighted by Gasteiger charge is 2.34. The van der Waals surface area contributed by atoms with Gasteiger partial charge >= 0.3 is 0 Å². The number of benzene rings is 2. The molecule has 0 bridgehead atoms. The van der Waals surface area contributed by atoms with Gasteiger partial charge in [-0.05, 0) is 36.6 Å². The minimum absolute atomic E-state index is 0.0421. The summed E-state index contributed by atoms with van der Waals surface area (Å²) in [7, 11) is -2.56. The van der Waals surface area contributed by atoms with E-state index in [1.165, 1.54) is 25.3 Å². The molecule has 0 heterocycles. The molecule has 0 saturated heterocycles. The molecule has 0 radical (unpaired) electrons. The Balaban J connectivity index is 2.53. The van der Waals surface area contributed by atoms with Gasteiger partial charge in [0.2, 0.25) is 9.84 Å². The van der Waals surface area contributed by atoms with Gasteiger partial charge in [-0.2, -0.15) is 5.26 Å². The summed E-state index contributed by atoms with van der Waals surface area (Å²) >= 11 is 12.9. The molecule has 2 aromatic rings. The molecule has 2 aromatic carbocycles. The predicted octanol–water partition coefficient (Wildman–Crippen LogP) is 4.76. The van der Waals surface area contributed by atoms with E-state index < -0.39 is 15.1 Å². The average molecular weight is 429 g/mol. The van der Waals surface area contributed by atoms with Crippen LogP contribution in [0.1, 0.15) is 0 Å². The van der Waals surface area contributed by atoms with Gasteiger partial charge in [-0.25, -0.2) is 13.4 Å². The van der Waals surface area contributed by atoms with Crippen LogP contribution >= 0.6 is 35.0 Å². The number of methoxy groups -OCH3 is 1. The van der Waals surface area contributed by atoms with Gasteiger partial charge in [0, 0.05) is 11.1 Å². The summed E-state index contributed by atoms with van der Waals surface area (Å²) in [5.74, 6) is 0.573. The van der Waals surface area contributed by atoms with Gasteiger partial charge in [-0.3, -0.25) is 0 Å². The van der Waals surface area contributed by atoms with Crippen molar-refractivity contribution < 1.29 is 13.2 Å². The summed E-state index contributed by atoms with van der Waals surface area (Å²) in [5.41, 5.74) is 0.478. The number of sulfone groups is 1. The molecular formula is C17H14Cl2N2O3S2. The zero-order chi connectivity index (χ0) is 19.3. The van der Waals surface area contributed by atoms with E-state index in [-0.39, 0.29) is 15.0 Å². The number of ether oxygens (including phenoxy) is 1. The molecule has 9 heteroatoms. The molecule has 0 N–H and O–H groups in total. The Kier molecular flexibility index (Phi) is 6.95. The van der Waals surface area contributed by atoms with Crippen molar-refractivity contribution in [3.05, 3.63) is 52.5 Å². The van der Waals surface area contributed by atoms with Crippen LogP contribution in [0.15, 0.2) is 52.4 Å². The van der Waals surface area contributed by atoms with E-state index in [9.17, 15) is 13.7 Å². The Morgan fingerprint density at radius 1 is 1.27 bits per heavy atom. The Morgan fingerprint density at radius 2 is 2.00 bits per heavy atom. The van der Waals surface area contributed by atoms with E-state index in [2.05, 4.69) is 4.99 Å². The van der Waals surface area contributed by atoms with Gasteiger partial charge in [-0.15, -0.1) is 11.8 Å². The summed E-state index contributed by atoms with van der Waals surface area (Å²) in [5, 5.41) is 8.43. The zero-order valence-electron chi connectivity index (χ0n) is 13.8. The number of thioether (sulfide) groups is 1. The van der Waals surface area contributed by atoms with Crippen molar-refractivity contribution >= 4 is 55.5 Å². The highest BCUT2D eigenvalue weighted by molar-refractivity contribution is 8.15. The van der Waals surface area contributed by atoms with Gasteiger partial charge in [-0.1, -0.05) is 29.3 Å². The number of hydrogen-bond donors (Lipinski definition) is 0. The van der Waals surface area contributed by atoms with E-state index >= 15 is 0 Å². The average Bonchev–Trinajstić information content (AvgIpc) is 2.61. The quantitative estimate of drug-likeness (QED) is 0.506. The van der Waals surface area contributed by atoms with E-state index in [0.29, 0.717) is 16.5 Å². The highest BCUT2D eigenvalue weighted by atomic mass is 35.5. The fourth-order valence-electron chi connectivity index (χ4n) is 2.11. The SMILES string of the molecule is COc1cccc(N=C(SC)C(C#N)S(=O)(=O)c2ccc(Cl)cc2Cl)c1. The van der Waals surface area contributed by atoms with Gasteiger partial charge < -0.3 is 4.74 Å². The van der Waals surface area contributed by atoms with Crippen LogP contribution in [-0.2, 0) is 9.84 Å². The monoisotopic (exact) mass is 428 g/mol. The van der Waals surface area contributed by atoms with Crippen molar-refractivity contribution in [2.24, 2.45) is 4.99 Å². The first kappa shape index (κ1) is 20.6. The van der Waals surface area contributed by atoms with Gasteiger partial charge in [0.15, 0.2) is 5.25 Å². The van der Waals surface area contributed by atoms with Crippen LogP contribution in [-0.4, -0.2) is 32.1 Å². The van der Waals surface area contributed by atoms with Gasteiger partial charge in [0.25, 0.3) is 0 Å². The molecule has 136 valence electrons. The summed E-state index contributed by atoms with van der Waals surface area (Å²) in [6.07, 6.45) is 1.66. The molecule has 2 rings (SSSR count). The second kappa shape index (κ2) is 8.78. The predicted molar refractivity (Wildman–Crippen MR) is 107 cm³/mol. The van der Waals surface area contributed by atoms with Crippen LogP contribution in [0.2, 0.25) is 10.0 Å². The third-order valence-corrected chi connectivity index (χ3v) is 6.83. The Labute approximate surface area is 166 Å². The molecule has 0 aliphatic heterocycles. The molecule has 0 spiro atoms. The van der Waals surface area contributed by atoms with Crippen molar-refractivity contribution in [1.29, 1.82) is 5.26 Å². The second-order valence-electron chi connectivity index (χ2n) is 4.98. The van der Waals surface area contributed by atoms with Crippen molar-refractivity contribution in [3.63, 3.8) is 0 Å². The number of nitriles is 1. The maximum atomic E-state index is 12.9. The fraction of sp³-hybridized carbons (Fsp3) is 0.176. The minimum Gasteiger partial charge on any atom is -0.497 e. The van der Waals surface area contributed by atoms with Crippen LogP contribution in [0.25, 0.3) is 0 Å². The van der Waals surface area contributed by atoms with E-state index in [0.717, 1.165) is 11.8 Å². The Bertz CT molecular complexity index is 986. The first-order chi connectivity index (χ1) is 12.3. The summed E-state index contributed by atoms with van der Waals surface area (Å²) < 4.78 is 31.0. The number of hydrogen-bond acceptors (Lipinski definition) is 6. The van der Waals surface area contributed by atoms with Crippen LogP contribution in [0.5, 0.6) is 5.75 Å². The third kappa shape index (κ3) is 4.51. The van der Waals surface area contributed by atoms with E-state index in [1.807, 2.05) is 6.07 Å². The highest BCUT2D eigenvalue weighted by Crippen LogP contribution is 2.30. The topological polar surface area (TPSA) is 79.5 Å². The molecule has 5 nitrogen and oxygen atoms in total. The molecule has 0 amide bonds. The maximum absolute atomic E-state index is 12.9. The number of rotatable bonds is 5. The normalized spacial score (nSPS) is 13.1. The largest absolute Gasteiger partial charge is 0.497 e. The lowest BCUT2D eigenvalue weighted by Crippen LogP contribution is -2.27. The van der Waals surface area contributed by atoms with Gasteiger partial charge in [0.05, 0.1) is 28.8 Å². The second-order valence-corrected chi connectivity index (χ2v) is 8.66. The zero-order valence-corrected chi connectivity index (χ0v) is 17.0. The number of nitrogens with zero attached hydrogens (tertiary/aromatic N) is 2. The standard InChI is InChI=1S/C17H14Cl2N2O3S2/c1-24-13-5-3-4-12(9-13)21-17(25-2)16(10-20)26(22,23)15-7-6-11(18)8-14(15)19/h3-9,16H,1-2H3. The summed E-state index contributed by atoms with van der Waals surface area (Å²) in [6, 6.07) is 12.6. The van der Waals surface area contributed by atoms with Crippen LogP contribution in [0.3, 0.4) is 0 Å². The molecule has 0 aliphatic rings. The lowest BCUT2D eigenvalue weighted by atomic mass is 10.3. The van der Waals surface area contributed by atoms with E-state index in [1.54, 1.807) is 30.5 Å². The molecule has 26 heavy (non-hydrogen) atoms. The van der Waals surface area contributed by atoms with Crippen LogP contribution in [0.4, 0.5) is 5.69 Å². The molecule has 0 aromatic heterocycles. The first-order valence-electron chi connectivity index (χ1n) is 7.18. The lowest BCUT2D eigenvalue weighted by Gasteiger charge is -2.13. The van der Waals surface area contributed by atoms with Crippen LogP contribution < -0.4 is 4.74 Å². The first-order valence-corrected chi connectivity index (χ1v) is 10.7. The Hall–Kier alpha value is -1.72. The van der Waals surface area contributed by atoms with Crippen molar-refractivity contribution in [2.45, 2.75) is 10.1 Å². The molecular weight excluding hydrogens is 415 g/mol. The Morgan fingerprint density at radius 3 is 2.58 bits per heavy atom. The van der Waals surface area contributed by atoms with Crippen molar-refractivity contribution in [1.82, 2.24) is 0 Å². The number of halogens is 2. The van der Waals surface area contributed by atoms with Crippen LogP contribution in [0, 0.1) is 11.3 Å². The molecule has 1 unspecified atom stereocenters. The summed E-state index contributed by atoms with van der Waals surface area (Å²) in [6.45, 7) is 0. The maximum Gasteiger partial charge on any atom is 0.202 e. The summed E-state index contributed by atoms with van der Waals surface area (Å²) in [4.78, 5) is 4.16. The molecule has 0 aliphatic carbocycles. The van der Waals surface area contributed by atoms with Crippen molar-refractivity contribution in [2.75, 3.05) is 13.4 Å². The molecule has 0 fully saturated rings. The smallest absolute Gasteiger partial charge is 0.202 e. The van der Waals surface area contributed by atoms with Gasteiger partial charge in [0.1, 0.15) is 10.8 Å². The minimum atomic E-state index is -4.08. The molecule has 1 atom stereocenters. The fourth-order valence-corrected chi connectivity index (χ4v) is 5.27. The molecule has 0 saturated carbocycles. The van der Waals surface area contributed by atoms with Crippen molar-refractivity contribution in [3.8, 4) is 11.8 Å². The van der Waals surface area contributed by atoms with E-state index in [4.69, 9.17) is 27.9 Å².